The lowest BCUT2D eigenvalue weighted by Crippen LogP contribution is -2.34. The molecule has 0 aliphatic carbocycles. The monoisotopic (exact) mass is 213 g/mol. The second-order valence-electron chi connectivity index (χ2n) is 2.15. The van der Waals surface area contributed by atoms with Gasteiger partial charge < -0.3 is 5.32 Å². The molecule has 0 aliphatic heterocycles. The molecular formula is C7H10F3NOS. The first-order chi connectivity index (χ1) is 5.90. The molecule has 0 aliphatic rings. The van der Waals surface area contributed by atoms with Crippen LogP contribution >= 0.6 is 11.8 Å². The second-order valence-corrected chi connectivity index (χ2v) is 3.00. The highest BCUT2D eigenvalue weighted by Gasteiger charge is 2.28. The summed E-state index contributed by atoms with van der Waals surface area (Å²) in [5.41, 5.74) is 0. The van der Waals surface area contributed by atoms with E-state index in [0.717, 1.165) is 11.8 Å². The van der Waals surface area contributed by atoms with Crippen LogP contribution in [0, 0.1) is 0 Å². The Morgan fingerprint density at radius 3 is 2.38 bits per heavy atom. The van der Waals surface area contributed by atoms with E-state index in [-0.39, 0.29) is 4.91 Å². The SMILES string of the molecule is C/C=C(\SC)C(=O)NCC(F)(F)F. The van der Waals surface area contributed by atoms with E-state index in [2.05, 4.69) is 0 Å². The highest BCUT2D eigenvalue weighted by Crippen LogP contribution is 2.14. The minimum absolute atomic E-state index is 0.282. The molecule has 6 heteroatoms. The Morgan fingerprint density at radius 1 is 1.54 bits per heavy atom. The lowest BCUT2D eigenvalue weighted by Gasteiger charge is -2.08. The van der Waals surface area contributed by atoms with Gasteiger partial charge in [-0.05, 0) is 13.2 Å². The molecule has 0 aromatic rings. The van der Waals surface area contributed by atoms with E-state index in [0.29, 0.717) is 0 Å². The zero-order chi connectivity index (χ0) is 10.5. The standard InChI is InChI=1S/C7H10F3NOS/c1-3-5(13-2)6(12)11-4-7(8,9)10/h3H,4H2,1-2H3,(H,11,12)/b5-3-. The van der Waals surface area contributed by atoms with Gasteiger partial charge in [-0.3, -0.25) is 4.79 Å². The molecule has 13 heavy (non-hydrogen) atoms. The molecule has 0 aromatic carbocycles. The van der Waals surface area contributed by atoms with Crippen molar-refractivity contribution in [3.63, 3.8) is 0 Å². The summed E-state index contributed by atoms with van der Waals surface area (Å²) in [5.74, 6) is -0.688. The number of alkyl halides is 3. The van der Waals surface area contributed by atoms with Gasteiger partial charge in [0.2, 0.25) is 0 Å². The van der Waals surface area contributed by atoms with E-state index < -0.39 is 18.6 Å². The summed E-state index contributed by atoms with van der Waals surface area (Å²) in [6.07, 6.45) is -1.26. The molecule has 1 amide bonds. The summed E-state index contributed by atoms with van der Waals surface area (Å²) in [4.78, 5) is 11.2. The number of rotatable bonds is 3. The summed E-state index contributed by atoms with van der Waals surface area (Å²) in [6, 6.07) is 0. The largest absolute Gasteiger partial charge is 0.405 e. The van der Waals surface area contributed by atoms with Gasteiger partial charge in [0.15, 0.2) is 0 Å². The summed E-state index contributed by atoms with van der Waals surface area (Å²) in [7, 11) is 0. The molecule has 0 fully saturated rings. The molecule has 76 valence electrons. The minimum Gasteiger partial charge on any atom is -0.342 e. The van der Waals surface area contributed by atoms with Crippen LogP contribution in [0.1, 0.15) is 6.92 Å². The lowest BCUT2D eigenvalue weighted by atomic mass is 10.4. The zero-order valence-electron chi connectivity index (χ0n) is 7.23. The molecule has 2 nitrogen and oxygen atoms in total. The number of thioether (sulfide) groups is 1. The van der Waals surface area contributed by atoms with E-state index in [1.165, 1.54) is 6.08 Å². The van der Waals surface area contributed by atoms with E-state index in [1.54, 1.807) is 18.5 Å². The maximum atomic E-state index is 11.6. The summed E-state index contributed by atoms with van der Waals surface area (Å²) in [6.45, 7) is 0.308. The van der Waals surface area contributed by atoms with Crippen molar-refractivity contribution in [2.24, 2.45) is 0 Å². The maximum absolute atomic E-state index is 11.6. The Kier molecular flexibility index (Phi) is 4.90. The van der Waals surface area contributed by atoms with Gasteiger partial charge in [-0.1, -0.05) is 6.08 Å². The normalized spacial score (nSPS) is 12.8. The number of allylic oxidation sites excluding steroid dienone is 1. The second kappa shape index (κ2) is 5.16. The number of nitrogens with one attached hydrogen (secondary N) is 1. The Morgan fingerprint density at radius 2 is 2.08 bits per heavy atom. The lowest BCUT2D eigenvalue weighted by molar-refractivity contribution is -0.135. The summed E-state index contributed by atoms with van der Waals surface area (Å²) >= 11 is 1.11. The molecule has 0 aromatic heterocycles. The van der Waals surface area contributed by atoms with Crippen LogP contribution in [0.15, 0.2) is 11.0 Å². The molecule has 0 spiro atoms. The first-order valence-corrected chi connectivity index (χ1v) is 4.68. The van der Waals surface area contributed by atoms with Crippen LogP contribution in [0.5, 0.6) is 0 Å². The van der Waals surface area contributed by atoms with E-state index in [9.17, 15) is 18.0 Å². The van der Waals surface area contributed by atoms with Crippen LogP contribution in [0.25, 0.3) is 0 Å². The molecule has 0 bridgehead atoms. The number of carbonyl (C=O) groups excluding carboxylic acids is 1. The first kappa shape index (κ1) is 12.3. The van der Waals surface area contributed by atoms with Crippen molar-refractivity contribution >= 4 is 17.7 Å². The maximum Gasteiger partial charge on any atom is 0.405 e. The molecule has 0 rings (SSSR count). The third-order valence-corrected chi connectivity index (χ3v) is 2.02. The Balaban J connectivity index is 4.02. The molecule has 0 atom stereocenters. The Bertz CT molecular complexity index is 212. The van der Waals surface area contributed by atoms with Gasteiger partial charge in [0.1, 0.15) is 6.54 Å². The van der Waals surface area contributed by atoms with Crippen LogP contribution in [-0.2, 0) is 4.79 Å². The van der Waals surface area contributed by atoms with Crippen LogP contribution in [0.2, 0.25) is 0 Å². The van der Waals surface area contributed by atoms with Crippen molar-refractivity contribution in [3.05, 3.63) is 11.0 Å². The average Bonchev–Trinajstić information content (AvgIpc) is 2.02. The predicted molar refractivity (Wildman–Crippen MR) is 46.3 cm³/mol. The average molecular weight is 213 g/mol. The highest BCUT2D eigenvalue weighted by atomic mass is 32.2. The van der Waals surface area contributed by atoms with Crippen LogP contribution < -0.4 is 5.32 Å². The van der Waals surface area contributed by atoms with E-state index >= 15 is 0 Å². The third-order valence-electron chi connectivity index (χ3n) is 1.16. The third kappa shape index (κ3) is 5.57. The minimum atomic E-state index is -4.35. The van der Waals surface area contributed by atoms with Gasteiger partial charge in [-0.2, -0.15) is 13.2 Å². The van der Waals surface area contributed by atoms with Crippen molar-refractivity contribution in [1.29, 1.82) is 0 Å². The molecular weight excluding hydrogens is 203 g/mol. The first-order valence-electron chi connectivity index (χ1n) is 3.46. The number of hydrogen-bond acceptors (Lipinski definition) is 2. The van der Waals surface area contributed by atoms with Crippen molar-refractivity contribution in [2.75, 3.05) is 12.8 Å². The van der Waals surface area contributed by atoms with Gasteiger partial charge in [0, 0.05) is 0 Å². The number of carbonyl (C=O) groups is 1. The predicted octanol–water partition coefficient (Wildman–Crippen LogP) is 1.93. The van der Waals surface area contributed by atoms with Crippen LogP contribution in [0.3, 0.4) is 0 Å². The van der Waals surface area contributed by atoms with Gasteiger partial charge in [0.05, 0.1) is 4.91 Å². The van der Waals surface area contributed by atoms with Crippen molar-refractivity contribution in [1.82, 2.24) is 5.32 Å². The van der Waals surface area contributed by atoms with E-state index in [1.807, 2.05) is 0 Å². The number of halogens is 3. The van der Waals surface area contributed by atoms with Gasteiger partial charge in [0.25, 0.3) is 5.91 Å². The quantitative estimate of drug-likeness (QED) is 0.726. The fraction of sp³-hybridized carbons (Fsp3) is 0.571. The van der Waals surface area contributed by atoms with Gasteiger partial charge >= 0.3 is 6.18 Å². The molecule has 0 saturated carbocycles. The highest BCUT2D eigenvalue weighted by molar-refractivity contribution is 8.03. The number of amides is 1. The van der Waals surface area contributed by atoms with Crippen LogP contribution in [0.4, 0.5) is 13.2 Å². The fourth-order valence-electron chi connectivity index (χ4n) is 0.609. The smallest absolute Gasteiger partial charge is 0.342 e. The molecule has 0 heterocycles. The summed E-state index contributed by atoms with van der Waals surface area (Å²) < 4.78 is 34.9. The zero-order valence-corrected chi connectivity index (χ0v) is 8.05. The molecule has 0 unspecified atom stereocenters. The Hall–Kier alpha value is -0.650. The fourth-order valence-corrected chi connectivity index (χ4v) is 1.10. The van der Waals surface area contributed by atoms with Crippen molar-refractivity contribution in [2.45, 2.75) is 13.1 Å². The van der Waals surface area contributed by atoms with Crippen LogP contribution in [-0.4, -0.2) is 24.9 Å². The van der Waals surface area contributed by atoms with Gasteiger partial charge in [-0.15, -0.1) is 11.8 Å². The topological polar surface area (TPSA) is 29.1 Å². The summed E-state index contributed by atoms with van der Waals surface area (Å²) in [5, 5.41) is 1.77. The molecule has 1 N–H and O–H groups in total. The van der Waals surface area contributed by atoms with E-state index in [4.69, 9.17) is 0 Å². The number of hydrogen-bond donors (Lipinski definition) is 1. The van der Waals surface area contributed by atoms with Crippen molar-refractivity contribution in [3.8, 4) is 0 Å². The van der Waals surface area contributed by atoms with Crippen molar-refractivity contribution < 1.29 is 18.0 Å². The van der Waals surface area contributed by atoms with Gasteiger partial charge in [-0.25, -0.2) is 0 Å². The molecule has 0 saturated heterocycles. The Labute approximate surface area is 78.6 Å². The molecule has 0 radical (unpaired) electrons.